The van der Waals surface area contributed by atoms with Gasteiger partial charge in [-0.3, -0.25) is 9.59 Å². The summed E-state index contributed by atoms with van der Waals surface area (Å²) in [5.41, 5.74) is 0.766. The third-order valence-corrected chi connectivity index (χ3v) is 2.15. The molecule has 16 heavy (non-hydrogen) atoms. The van der Waals surface area contributed by atoms with Crippen molar-refractivity contribution in [1.82, 2.24) is 0 Å². The number of carbonyl (C=O) groups excluding carboxylic acids is 2. The lowest BCUT2D eigenvalue weighted by Gasteiger charge is -2.05. The maximum atomic E-state index is 11.6. The van der Waals surface area contributed by atoms with Gasteiger partial charge in [-0.25, -0.2) is 0 Å². The highest BCUT2D eigenvalue weighted by molar-refractivity contribution is 6.07. The van der Waals surface area contributed by atoms with Gasteiger partial charge in [0, 0.05) is 0 Å². The number of benzene rings is 1. The summed E-state index contributed by atoms with van der Waals surface area (Å²) in [6, 6.07) is 4.84. The molecule has 1 aromatic carbocycles. The summed E-state index contributed by atoms with van der Waals surface area (Å²) < 4.78 is 4.66. The number of Topliss-reactive ketones (excluding diaryl/α,β-unsaturated/α-hetero) is 1. The summed E-state index contributed by atoms with van der Waals surface area (Å²) in [7, 11) is 0. The number of phenols is 1. The van der Waals surface area contributed by atoms with Crippen molar-refractivity contribution < 1.29 is 19.4 Å². The molecular weight excluding hydrogens is 208 g/mol. The Kier molecular flexibility index (Phi) is 4.05. The topological polar surface area (TPSA) is 63.6 Å². The third kappa shape index (κ3) is 2.82. The fourth-order valence-corrected chi connectivity index (χ4v) is 1.32. The molecule has 0 spiro atoms. The Morgan fingerprint density at radius 1 is 1.38 bits per heavy atom. The number of ketones is 1. The number of aryl methyl sites for hydroxylation is 1. The first-order chi connectivity index (χ1) is 7.56. The molecule has 0 bridgehead atoms. The van der Waals surface area contributed by atoms with Crippen LogP contribution in [0.5, 0.6) is 5.75 Å². The van der Waals surface area contributed by atoms with E-state index in [-0.39, 0.29) is 24.3 Å². The van der Waals surface area contributed by atoms with E-state index in [1.165, 1.54) is 6.07 Å². The predicted octanol–water partition coefficient (Wildman–Crippen LogP) is 1.84. The Bertz CT molecular complexity index is 409. The Hall–Kier alpha value is -1.84. The molecular formula is C12H14O4. The Morgan fingerprint density at radius 3 is 2.69 bits per heavy atom. The molecule has 0 unspecified atom stereocenters. The summed E-state index contributed by atoms with van der Waals surface area (Å²) in [6.45, 7) is 3.61. The number of esters is 1. The van der Waals surface area contributed by atoms with Crippen LogP contribution in [-0.4, -0.2) is 23.5 Å². The van der Waals surface area contributed by atoms with E-state index in [1.54, 1.807) is 26.0 Å². The van der Waals surface area contributed by atoms with E-state index in [1.807, 2.05) is 0 Å². The smallest absolute Gasteiger partial charge is 0.313 e. The molecule has 0 aliphatic carbocycles. The first kappa shape index (κ1) is 12.2. The molecule has 0 saturated heterocycles. The van der Waals surface area contributed by atoms with Gasteiger partial charge in [-0.15, -0.1) is 0 Å². The van der Waals surface area contributed by atoms with E-state index in [0.29, 0.717) is 5.56 Å². The third-order valence-electron chi connectivity index (χ3n) is 2.15. The summed E-state index contributed by atoms with van der Waals surface area (Å²) in [5, 5.41) is 9.64. The van der Waals surface area contributed by atoms with E-state index in [0.717, 1.165) is 0 Å². The minimum atomic E-state index is -0.576. The quantitative estimate of drug-likeness (QED) is 0.479. The second kappa shape index (κ2) is 5.30. The van der Waals surface area contributed by atoms with E-state index >= 15 is 0 Å². The van der Waals surface area contributed by atoms with Crippen LogP contribution in [0.15, 0.2) is 18.2 Å². The zero-order valence-corrected chi connectivity index (χ0v) is 9.32. The first-order valence-electron chi connectivity index (χ1n) is 5.03. The van der Waals surface area contributed by atoms with Gasteiger partial charge in [0.15, 0.2) is 5.78 Å². The van der Waals surface area contributed by atoms with Crippen molar-refractivity contribution in [3.8, 4) is 5.75 Å². The molecule has 86 valence electrons. The average Bonchev–Trinajstić information content (AvgIpc) is 2.22. The fourth-order valence-electron chi connectivity index (χ4n) is 1.32. The summed E-state index contributed by atoms with van der Waals surface area (Å²) in [5.74, 6) is -1.08. The molecule has 1 N–H and O–H groups in total. The van der Waals surface area contributed by atoms with E-state index in [4.69, 9.17) is 0 Å². The highest BCUT2D eigenvalue weighted by Gasteiger charge is 2.16. The molecule has 0 aliphatic rings. The van der Waals surface area contributed by atoms with Crippen LogP contribution in [0.3, 0.4) is 0 Å². The van der Waals surface area contributed by atoms with Crippen LogP contribution in [-0.2, 0) is 9.53 Å². The van der Waals surface area contributed by atoms with Crippen LogP contribution >= 0.6 is 0 Å². The second-order valence-electron chi connectivity index (χ2n) is 3.38. The maximum absolute atomic E-state index is 11.6. The van der Waals surface area contributed by atoms with Gasteiger partial charge in [0.2, 0.25) is 0 Å². The van der Waals surface area contributed by atoms with Crippen molar-refractivity contribution in [2.75, 3.05) is 6.61 Å². The molecule has 4 nitrogen and oxygen atoms in total. The van der Waals surface area contributed by atoms with Crippen LogP contribution in [0.2, 0.25) is 0 Å². The zero-order valence-electron chi connectivity index (χ0n) is 9.32. The number of rotatable bonds is 4. The van der Waals surface area contributed by atoms with Crippen molar-refractivity contribution in [2.45, 2.75) is 20.3 Å². The lowest BCUT2D eigenvalue weighted by atomic mass is 10.0. The minimum Gasteiger partial charge on any atom is -0.507 e. The Balaban J connectivity index is 2.81. The summed E-state index contributed by atoms with van der Waals surface area (Å²) in [6.07, 6.45) is -0.342. The van der Waals surface area contributed by atoms with Gasteiger partial charge < -0.3 is 9.84 Å². The fraction of sp³-hybridized carbons (Fsp3) is 0.333. The average molecular weight is 222 g/mol. The van der Waals surface area contributed by atoms with Crippen LogP contribution in [0.25, 0.3) is 0 Å². The number of hydrogen-bond acceptors (Lipinski definition) is 4. The largest absolute Gasteiger partial charge is 0.507 e. The number of para-hydroxylation sites is 1. The highest BCUT2D eigenvalue weighted by Crippen LogP contribution is 2.22. The highest BCUT2D eigenvalue weighted by atomic mass is 16.5. The molecule has 0 radical (unpaired) electrons. The molecule has 0 fully saturated rings. The minimum absolute atomic E-state index is 0.0724. The number of ether oxygens (including phenoxy) is 1. The van der Waals surface area contributed by atoms with E-state index < -0.39 is 11.8 Å². The van der Waals surface area contributed by atoms with Gasteiger partial charge in [-0.1, -0.05) is 12.1 Å². The molecule has 4 heteroatoms. The van der Waals surface area contributed by atoms with Crippen molar-refractivity contribution in [3.63, 3.8) is 0 Å². The summed E-state index contributed by atoms with van der Waals surface area (Å²) in [4.78, 5) is 22.7. The lowest BCUT2D eigenvalue weighted by Crippen LogP contribution is -2.11. The molecule has 0 aromatic heterocycles. The SMILES string of the molecule is CCOC(=O)CC(=O)c1cccc(C)c1O. The Labute approximate surface area is 93.9 Å². The summed E-state index contributed by atoms with van der Waals surface area (Å²) >= 11 is 0. The number of phenolic OH excluding ortho intramolecular Hbond substituents is 1. The van der Waals surface area contributed by atoms with Crippen LogP contribution < -0.4 is 0 Å². The molecule has 0 saturated carbocycles. The van der Waals surface area contributed by atoms with Crippen molar-refractivity contribution >= 4 is 11.8 Å². The van der Waals surface area contributed by atoms with E-state index in [9.17, 15) is 14.7 Å². The van der Waals surface area contributed by atoms with Crippen LogP contribution in [0, 0.1) is 6.92 Å². The number of carbonyl (C=O) groups is 2. The molecule has 0 atom stereocenters. The van der Waals surface area contributed by atoms with Gasteiger partial charge in [0.05, 0.1) is 12.2 Å². The number of hydrogen-bond donors (Lipinski definition) is 1. The molecule has 1 rings (SSSR count). The van der Waals surface area contributed by atoms with Gasteiger partial charge in [0.1, 0.15) is 12.2 Å². The first-order valence-corrected chi connectivity index (χ1v) is 5.03. The normalized spacial score (nSPS) is 9.88. The van der Waals surface area contributed by atoms with Gasteiger partial charge in [-0.2, -0.15) is 0 Å². The predicted molar refractivity (Wildman–Crippen MR) is 58.4 cm³/mol. The van der Waals surface area contributed by atoms with Gasteiger partial charge in [-0.05, 0) is 25.5 Å². The van der Waals surface area contributed by atoms with Gasteiger partial charge >= 0.3 is 5.97 Å². The van der Waals surface area contributed by atoms with Crippen LogP contribution in [0.4, 0.5) is 0 Å². The number of aromatic hydroxyl groups is 1. The monoisotopic (exact) mass is 222 g/mol. The molecule has 1 aromatic rings. The zero-order chi connectivity index (χ0) is 12.1. The Morgan fingerprint density at radius 2 is 2.06 bits per heavy atom. The molecule has 0 aliphatic heterocycles. The van der Waals surface area contributed by atoms with Crippen LogP contribution in [0.1, 0.15) is 29.3 Å². The maximum Gasteiger partial charge on any atom is 0.313 e. The lowest BCUT2D eigenvalue weighted by molar-refractivity contribution is -0.141. The van der Waals surface area contributed by atoms with Crippen molar-refractivity contribution in [2.24, 2.45) is 0 Å². The molecule has 0 heterocycles. The van der Waals surface area contributed by atoms with E-state index in [2.05, 4.69) is 4.74 Å². The van der Waals surface area contributed by atoms with Gasteiger partial charge in [0.25, 0.3) is 0 Å². The standard InChI is InChI=1S/C12H14O4/c1-3-16-11(14)7-10(13)9-6-4-5-8(2)12(9)15/h4-6,15H,3,7H2,1-2H3. The molecule has 0 amide bonds. The van der Waals surface area contributed by atoms with Crippen molar-refractivity contribution in [3.05, 3.63) is 29.3 Å². The second-order valence-corrected chi connectivity index (χ2v) is 3.38. The van der Waals surface area contributed by atoms with Crippen molar-refractivity contribution in [1.29, 1.82) is 0 Å².